The molecule has 1 atom stereocenters. The van der Waals surface area contributed by atoms with Gasteiger partial charge in [0.05, 0.1) is 12.9 Å². The highest BCUT2D eigenvalue weighted by molar-refractivity contribution is 8.00. The summed E-state index contributed by atoms with van der Waals surface area (Å²) < 4.78 is 5.22. The molecule has 0 saturated heterocycles. The number of hydrogen-bond donors (Lipinski definition) is 1. The molecule has 2 rings (SSSR count). The Labute approximate surface area is 184 Å². The van der Waals surface area contributed by atoms with E-state index in [4.69, 9.17) is 4.74 Å². The second-order valence-corrected chi connectivity index (χ2v) is 8.61. The van der Waals surface area contributed by atoms with Gasteiger partial charge in [-0.05, 0) is 57.0 Å². The summed E-state index contributed by atoms with van der Waals surface area (Å²) in [5.74, 6) is 0.873. The first-order valence-corrected chi connectivity index (χ1v) is 11.2. The lowest BCUT2D eigenvalue weighted by Crippen LogP contribution is -2.50. The van der Waals surface area contributed by atoms with Gasteiger partial charge in [-0.1, -0.05) is 36.8 Å². The fraction of sp³-hybridized carbons (Fsp3) is 0.417. The van der Waals surface area contributed by atoms with E-state index < -0.39 is 6.04 Å². The van der Waals surface area contributed by atoms with Gasteiger partial charge in [0.25, 0.3) is 0 Å². The lowest BCUT2D eigenvalue weighted by molar-refractivity contribution is -0.139. The van der Waals surface area contributed by atoms with Crippen LogP contribution in [0.2, 0.25) is 0 Å². The van der Waals surface area contributed by atoms with E-state index in [1.54, 1.807) is 12.0 Å². The number of thioether (sulfide) groups is 1. The summed E-state index contributed by atoms with van der Waals surface area (Å²) in [5.41, 5.74) is 2.14. The first-order valence-electron chi connectivity index (χ1n) is 10.3. The van der Waals surface area contributed by atoms with E-state index in [1.807, 2.05) is 76.2 Å². The molecule has 0 spiro atoms. The Morgan fingerprint density at radius 2 is 1.70 bits per heavy atom. The molecule has 0 heterocycles. The number of carbonyl (C=O) groups excluding carboxylic acids is 2. The van der Waals surface area contributed by atoms with Crippen LogP contribution in [-0.2, 0) is 16.1 Å². The van der Waals surface area contributed by atoms with Crippen LogP contribution < -0.4 is 10.1 Å². The summed E-state index contributed by atoms with van der Waals surface area (Å²) >= 11 is 1.49. The Bertz CT molecular complexity index is 819. The van der Waals surface area contributed by atoms with Crippen molar-refractivity contribution in [3.63, 3.8) is 0 Å². The Morgan fingerprint density at radius 3 is 2.23 bits per heavy atom. The van der Waals surface area contributed by atoms with E-state index in [0.29, 0.717) is 13.0 Å². The quantitative estimate of drug-likeness (QED) is 0.569. The van der Waals surface area contributed by atoms with Gasteiger partial charge in [0.1, 0.15) is 11.8 Å². The van der Waals surface area contributed by atoms with Crippen LogP contribution in [-0.4, -0.2) is 41.7 Å². The van der Waals surface area contributed by atoms with E-state index in [1.165, 1.54) is 17.3 Å². The number of benzene rings is 2. The number of carbonyl (C=O) groups is 2. The fourth-order valence-corrected chi connectivity index (χ4v) is 3.87. The molecule has 0 aliphatic carbocycles. The van der Waals surface area contributed by atoms with Gasteiger partial charge in [-0.25, -0.2) is 0 Å². The number of nitrogens with zero attached hydrogens (tertiary/aromatic N) is 1. The van der Waals surface area contributed by atoms with Crippen molar-refractivity contribution < 1.29 is 14.3 Å². The molecule has 0 aliphatic heterocycles. The standard InChI is InChI=1S/C24H32N2O3S/c1-6-22(24(28)25-17(2)3)26(15-19-9-11-20(29-5)12-10-19)23(27)16-30-21-13-7-18(4)8-14-21/h7-14,17,22H,6,15-16H2,1-5H3,(H,25,28). The van der Waals surface area contributed by atoms with Crippen LogP contribution in [0.25, 0.3) is 0 Å². The van der Waals surface area contributed by atoms with Gasteiger partial charge in [-0.2, -0.15) is 0 Å². The molecule has 1 unspecified atom stereocenters. The predicted molar refractivity (Wildman–Crippen MR) is 123 cm³/mol. The number of amides is 2. The molecule has 5 nitrogen and oxygen atoms in total. The third kappa shape index (κ3) is 7.10. The molecule has 0 radical (unpaired) electrons. The van der Waals surface area contributed by atoms with Crippen molar-refractivity contribution in [1.29, 1.82) is 0 Å². The third-order valence-corrected chi connectivity index (χ3v) is 5.71. The smallest absolute Gasteiger partial charge is 0.243 e. The molecular weight excluding hydrogens is 396 g/mol. The minimum Gasteiger partial charge on any atom is -0.497 e. The van der Waals surface area contributed by atoms with Crippen LogP contribution in [0.3, 0.4) is 0 Å². The average molecular weight is 429 g/mol. The van der Waals surface area contributed by atoms with Crippen LogP contribution in [0.4, 0.5) is 0 Å². The molecule has 0 saturated carbocycles. The summed E-state index contributed by atoms with van der Waals surface area (Å²) in [6, 6.07) is 15.2. The third-order valence-electron chi connectivity index (χ3n) is 4.71. The molecule has 162 valence electrons. The highest BCUT2D eigenvalue weighted by atomic mass is 32.2. The molecule has 0 aliphatic rings. The first kappa shape index (κ1) is 23.8. The van der Waals surface area contributed by atoms with E-state index in [9.17, 15) is 9.59 Å². The van der Waals surface area contributed by atoms with E-state index >= 15 is 0 Å². The topological polar surface area (TPSA) is 58.6 Å². The number of methoxy groups -OCH3 is 1. The van der Waals surface area contributed by atoms with Crippen LogP contribution in [0.1, 0.15) is 38.3 Å². The van der Waals surface area contributed by atoms with Crippen molar-refractivity contribution in [2.75, 3.05) is 12.9 Å². The van der Waals surface area contributed by atoms with Crippen LogP contribution in [0.15, 0.2) is 53.4 Å². The van der Waals surface area contributed by atoms with Crippen molar-refractivity contribution in [2.24, 2.45) is 0 Å². The SMILES string of the molecule is CCC(C(=O)NC(C)C)N(Cc1ccc(OC)cc1)C(=O)CSc1ccc(C)cc1. The van der Waals surface area contributed by atoms with Crippen molar-refractivity contribution in [2.45, 2.75) is 57.6 Å². The molecule has 0 fully saturated rings. The monoisotopic (exact) mass is 428 g/mol. The lowest BCUT2D eigenvalue weighted by atomic mass is 10.1. The van der Waals surface area contributed by atoms with E-state index in [2.05, 4.69) is 5.32 Å². The van der Waals surface area contributed by atoms with Crippen molar-refractivity contribution in [3.8, 4) is 5.75 Å². The summed E-state index contributed by atoms with van der Waals surface area (Å²) in [6.45, 7) is 8.20. The van der Waals surface area contributed by atoms with Gasteiger partial charge in [-0.15, -0.1) is 11.8 Å². The van der Waals surface area contributed by atoms with Gasteiger partial charge >= 0.3 is 0 Å². The fourth-order valence-electron chi connectivity index (χ4n) is 3.09. The lowest BCUT2D eigenvalue weighted by Gasteiger charge is -2.31. The summed E-state index contributed by atoms with van der Waals surface area (Å²) in [4.78, 5) is 28.7. The minimum atomic E-state index is -0.513. The molecule has 1 N–H and O–H groups in total. The zero-order chi connectivity index (χ0) is 22.1. The Hall–Kier alpha value is -2.47. The van der Waals surface area contributed by atoms with Gasteiger partial charge in [0, 0.05) is 17.5 Å². The van der Waals surface area contributed by atoms with Crippen molar-refractivity contribution >= 4 is 23.6 Å². The maximum absolute atomic E-state index is 13.2. The number of hydrogen-bond acceptors (Lipinski definition) is 4. The van der Waals surface area contributed by atoms with Gasteiger partial charge < -0.3 is 15.0 Å². The number of ether oxygens (including phenoxy) is 1. The Morgan fingerprint density at radius 1 is 1.07 bits per heavy atom. The van der Waals surface area contributed by atoms with Crippen LogP contribution in [0, 0.1) is 6.92 Å². The summed E-state index contributed by atoms with van der Waals surface area (Å²) in [7, 11) is 1.62. The largest absolute Gasteiger partial charge is 0.497 e. The normalized spacial score (nSPS) is 11.8. The zero-order valence-electron chi connectivity index (χ0n) is 18.5. The van der Waals surface area contributed by atoms with E-state index in [-0.39, 0.29) is 23.6 Å². The van der Waals surface area contributed by atoms with E-state index in [0.717, 1.165) is 16.2 Å². The minimum absolute atomic E-state index is 0.0198. The zero-order valence-corrected chi connectivity index (χ0v) is 19.3. The Kier molecular flexibility index (Phi) is 9.24. The predicted octanol–water partition coefficient (Wildman–Crippen LogP) is 4.43. The van der Waals surface area contributed by atoms with Crippen molar-refractivity contribution in [3.05, 3.63) is 59.7 Å². The molecule has 2 aromatic carbocycles. The molecule has 6 heteroatoms. The maximum Gasteiger partial charge on any atom is 0.243 e. The second kappa shape index (κ2) is 11.6. The maximum atomic E-state index is 13.2. The van der Waals surface area contributed by atoms with Crippen LogP contribution >= 0.6 is 11.8 Å². The number of rotatable bonds is 10. The molecule has 30 heavy (non-hydrogen) atoms. The summed E-state index contributed by atoms with van der Waals surface area (Å²) in [6.07, 6.45) is 0.551. The molecule has 2 aromatic rings. The van der Waals surface area contributed by atoms with Gasteiger partial charge in [0.2, 0.25) is 11.8 Å². The molecule has 0 aromatic heterocycles. The molecule has 0 bridgehead atoms. The number of nitrogens with one attached hydrogen (secondary N) is 1. The average Bonchev–Trinajstić information content (AvgIpc) is 2.73. The Balaban J connectivity index is 2.19. The summed E-state index contributed by atoms with van der Waals surface area (Å²) in [5, 5.41) is 2.95. The highest BCUT2D eigenvalue weighted by Crippen LogP contribution is 2.21. The second-order valence-electron chi connectivity index (χ2n) is 7.56. The van der Waals surface area contributed by atoms with Crippen molar-refractivity contribution in [1.82, 2.24) is 10.2 Å². The first-order chi connectivity index (χ1) is 14.3. The molecular formula is C24H32N2O3S. The van der Waals surface area contributed by atoms with Gasteiger partial charge in [-0.3, -0.25) is 9.59 Å². The van der Waals surface area contributed by atoms with Gasteiger partial charge in [0.15, 0.2) is 0 Å². The van der Waals surface area contributed by atoms with Crippen LogP contribution in [0.5, 0.6) is 5.75 Å². The highest BCUT2D eigenvalue weighted by Gasteiger charge is 2.28. The molecule has 2 amide bonds. The number of aryl methyl sites for hydroxylation is 1.